The summed E-state index contributed by atoms with van der Waals surface area (Å²) in [6.45, 7) is 4.46. The van der Waals surface area contributed by atoms with Crippen molar-refractivity contribution in [3.63, 3.8) is 0 Å². The van der Waals surface area contributed by atoms with Crippen LogP contribution in [0.1, 0.15) is 30.7 Å². The molecule has 1 aliphatic heterocycles. The highest BCUT2D eigenvalue weighted by atomic mass is 79.9. The minimum absolute atomic E-state index is 0.0961. The number of nitrogens with zero attached hydrogens (tertiary/aromatic N) is 1. The summed E-state index contributed by atoms with van der Waals surface area (Å²) in [4.78, 5) is 15.1. The van der Waals surface area contributed by atoms with Crippen molar-refractivity contribution in [2.45, 2.75) is 31.8 Å². The van der Waals surface area contributed by atoms with Crippen LogP contribution in [-0.4, -0.2) is 36.5 Å². The number of halogens is 1. The lowest BCUT2D eigenvalue weighted by molar-refractivity contribution is -0.120. The minimum atomic E-state index is 0.0961. The molecule has 1 aliphatic rings. The maximum absolute atomic E-state index is 11.5. The SMILES string of the molecule is CCC(N)C(c1cc(Br)cs1)N1CCNC(=O)CC1. The second-order valence-corrected chi connectivity index (χ2v) is 6.68. The third kappa shape index (κ3) is 3.78. The van der Waals surface area contributed by atoms with E-state index in [1.807, 2.05) is 0 Å². The number of thiophene rings is 1. The molecule has 1 saturated heterocycles. The molecule has 1 aromatic heterocycles. The van der Waals surface area contributed by atoms with Crippen LogP contribution in [0.5, 0.6) is 0 Å². The molecule has 1 fully saturated rings. The summed E-state index contributed by atoms with van der Waals surface area (Å²) in [5, 5.41) is 5.00. The van der Waals surface area contributed by atoms with Crippen molar-refractivity contribution in [1.82, 2.24) is 10.2 Å². The third-order valence-electron chi connectivity index (χ3n) is 3.50. The molecule has 2 unspecified atom stereocenters. The Morgan fingerprint density at radius 2 is 2.37 bits per heavy atom. The van der Waals surface area contributed by atoms with E-state index in [0.717, 1.165) is 24.0 Å². The predicted molar refractivity (Wildman–Crippen MR) is 82.2 cm³/mol. The number of hydrogen-bond donors (Lipinski definition) is 2. The standard InChI is InChI=1S/C13H20BrN3OS/c1-2-10(15)13(11-7-9(14)8-19-11)17-5-3-12(18)16-4-6-17/h7-8,10,13H,2-6,15H2,1H3,(H,16,18). The van der Waals surface area contributed by atoms with E-state index in [1.54, 1.807) is 11.3 Å². The Kier molecular flexibility index (Phi) is 5.38. The van der Waals surface area contributed by atoms with Crippen LogP contribution in [-0.2, 0) is 4.79 Å². The van der Waals surface area contributed by atoms with Crippen molar-refractivity contribution in [2.24, 2.45) is 5.73 Å². The van der Waals surface area contributed by atoms with Gasteiger partial charge in [-0.25, -0.2) is 0 Å². The van der Waals surface area contributed by atoms with Crippen LogP contribution in [0.3, 0.4) is 0 Å². The molecule has 0 aromatic carbocycles. The van der Waals surface area contributed by atoms with Crippen molar-refractivity contribution in [3.05, 3.63) is 20.8 Å². The highest BCUT2D eigenvalue weighted by Gasteiger charge is 2.28. The zero-order chi connectivity index (χ0) is 13.8. The van der Waals surface area contributed by atoms with Crippen molar-refractivity contribution < 1.29 is 4.79 Å². The van der Waals surface area contributed by atoms with Gasteiger partial charge in [-0.05, 0) is 28.4 Å². The largest absolute Gasteiger partial charge is 0.355 e. The molecule has 3 N–H and O–H groups in total. The lowest BCUT2D eigenvalue weighted by Gasteiger charge is -2.33. The first-order valence-corrected chi connectivity index (χ1v) is 8.29. The van der Waals surface area contributed by atoms with E-state index in [4.69, 9.17) is 5.73 Å². The van der Waals surface area contributed by atoms with Gasteiger partial charge in [0.2, 0.25) is 5.91 Å². The summed E-state index contributed by atoms with van der Waals surface area (Å²) >= 11 is 5.23. The summed E-state index contributed by atoms with van der Waals surface area (Å²) < 4.78 is 1.10. The van der Waals surface area contributed by atoms with Gasteiger partial charge in [0, 0.05) is 46.8 Å². The van der Waals surface area contributed by atoms with Gasteiger partial charge in [0.1, 0.15) is 0 Å². The van der Waals surface area contributed by atoms with Gasteiger partial charge in [-0.2, -0.15) is 0 Å². The number of carbonyl (C=O) groups excluding carboxylic acids is 1. The molecular weight excluding hydrogens is 326 g/mol. The maximum atomic E-state index is 11.5. The molecule has 1 amide bonds. The second-order valence-electron chi connectivity index (χ2n) is 4.82. The van der Waals surface area contributed by atoms with Crippen LogP contribution in [0, 0.1) is 0 Å². The Hall–Kier alpha value is -0.430. The molecule has 4 nitrogen and oxygen atoms in total. The van der Waals surface area contributed by atoms with E-state index >= 15 is 0 Å². The average molecular weight is 346 g/mol. The van der Waals surface area contributed by atoms with Gasteiger partial charge in [0.15, 0.2) is 0 Å². The molecule has 0 radical (unpaired) electrons. The number of nitrogens with two attached hydrogens (primary N) is 1. The fourth-order valence-electron chi connectivity index (χ4n) is 2.43. The van der Waals surface area contributed by atoms with E-state index in [-0.39, 0.29) is 18.0 Å². The Morgan fingerprint density at radius 1 is 1.58 bits per heavy atom. The quantitative estimate of drug-likeness (QED) is 0.878. The lowest BCUT2D eigenvalue weighted by atomic mass is 10.0. The maximum Gasteiger partial charge on any atom is 0.221 e. The first-order chi connectivity index (χ1) is 9.11. The topological polar surface area (TPSA) is 58.4 Å². The summed E-state index contributed by atoms with van der Waals surface area (Å²) in [7, 11) is 0. The van der Waals surface area contributed by atoms with Crippen LogP contribution in [0.25, 0.3) is 0 Å². The number of amides is 1. The van der Waals surface area contributed by atoms with Crippen LogP contribution < -0.4 is 11.1 Å². The first-order valence-electron chi connectivity index (χ1n) is 6.62. The fourth-order valence-corrected chi connectivity index (χ4v) is 4.08. The minimum Gasteiger partial charge on any atom is -0.355 e. The predicted octanol–water partition coefficient (Wildman–Crippen LogP) is 2.11. The lowest BCUT2D eigenvalue weighted by Crippen LogP contribution is -2.42. The van der Waals surface area contributed by atoms with Gasteiger partial charge >= 0.3 is 0 Å². The number of rotatable bonds is 4. The normalized spacial score (nSPS) is 20.7. The Morgan fingerprint density at radius 3 is 3.00 bits per heavy atom. The molecule has 6 heteroatoms. The van der Waals surface area contributed by atoms with Gasteiger partial charge < -0.3 is 11.1 Å². The van der Waals surface area contributed by atoms with Crippen molar-refractivity contribution in [2.75, 3.05) is 19.6 Å². The van der Waals surface area contributed by atoms with Crippen LogP contribution in [0.4, 0.5) is 0 Å². The first kappa shape index (κ1) is 15.0. The van der Waals surface area contributed by atoms with Gasteiger partial charge in [-0.3, -0.25) is 9.69 Å². The third-order valence-corrected chi connectivity index (χ3v) is 5.26. The zero-order valence-electron chi connectivity index (χ0n) is 11.1. The van der Waals surface area contributed by atoms with Crippen LogP contribution in [0.15, 0.2) is 15.9 Å². The van der Waals surface area contributed by atoms with E-state index < -0.39 is 0 Å². The Balaban J connectivity index is 2.19. The summed E-state index contributed by atoms with van der Waals surface area (Å²) in [5.41, 5.74) is 6.32. The highest BCUT2D eigenvalue weighted by Crippen LogP contribution is 2.32. The van der Waals surface area contributed by atoms with Crippen LogP contribution >= 0.6 is 27.3 Å². The molecule has 0 bridgehead atoms. The molecule has 2 rings (SSSR count). The summed E-state index contributed by atoms with van der Waals surface area (Å²) in [6.07, 6.45) is 1.48. The molecule has 0 aliphatic carbocycles. The molecule has 2 atom stereocenters. The van der Waals surface area contributed by atoms with E-state index in [0.29, 0.717) is 13.0 Å². The van der Waals surface area contributed by atoms with Gasteiger partial charge in [-0.15, -0.1) is 11.3 Å². The summed E-state index contributed by atoms with van der Waals surface area (Å²) in [5.74, 6) is 0.138. The zero-order valence-corrected chi connectivity index (χ0v) is 13.5. The second kappa shape index (κ2) is 6.83. The molecular formula is C13H20BrN3OS. The van der Waals surface area contributed by atoms with Crippen LogP contribution in [0.2, 0.25) is 0 Å². The van der Waals surface area contributed by atoms with Gasteiger partial charge in [0.05, 0.1) is 6.04 Å². The summed E-state index contributed by atoms with van der Waals surface area (Å²) in [6, 6.07) is 2.44. The van der Waals surface area contributed by atoms with Crippen molar-refractivity contribution >= 4 is 33.2 Å². The molecule has 2 heterocycles. The Bertz CT molecular complexity index is 437. The molecule has 0 spiro atoms. The van der Waals surface area contributed by atoms with Gasteiger partial charge in [-0.1, -0.05) is 6.92 Å². The average Bonchev–Trinajstić information content (AvgIpc) is 2.69. The smallest absolute Gasteiger partial charge is 0.221 e. The van der Waals surface area contributed by atoms with E-state index in [1.165, 1.54) is 4.88 Å². The molecule has 1 aromatic rings. The number of carbonyl (C=O) groups is 1. The highest BCUT2D eigenvalue weighted by molar-refractivity contribution is 9.10. The number of hydrogen-bond acceptors (Lipinski definition) is 4. The Labute approximate surface area is 126 Å². The molecule has 0 saturated carbocycles. The molecule has 19 heavy (non-hydrogen) atoms. The van der Waals surface area contributed by atoms with Gasteiger partial charge in [0.25, 0.3) is 0 Å². The van der Waals surface area contributed by atoms with Crippen molar-refractivity contribution in [3.8, 4) is 0 Å². The molecule has 106 valence electrons. The van der Waals surface area contributed by atoms with E-state index in [2.05, 4.69) is 44.5 Å². The monoisotopic (exact) mass is 345 g/mol. The number of nitrogens with one attached hydrogen (secondary N) is 1. The van der Waals surface area contributed by atoms with E-state index in [9.17, 15) is 4.79 Å². The van der Waals surface area contributed by atoms with Crippen molar-refractivity contribution in [1.29, 1.82) is 0 Å². The fraction of sp³-hybridized carbons (Fsp3) is 0.615.